The smallest absolute Gasteiger partial charge is 0.271 e. The van der Waals surface area contributed by atoms with Crippen molar-refractivity contribution >= 4 is 23.2 Å². The molecule has 0 aliphatic rings. The number of amides is 1. The van der Waals surface area contributed by atoms with E-state index >= 15 is 0 Å². The normalized spacial score (nSPS) is 12.3. The van der Waals surface area contributed by atoms with Gasteiger partial charge in [-0.1, -0.05) is 41.9 Å². The summed E-state index contributed by atoms with van der Waals surface area (Å²) >= 11 is 5.94. The molecule has 2 heterocycles. The van der Waals surface area contributed by atoms with Crippen LogP contribution in [-0.2, 0) is 6.42 Å². The van der Waals surface area contributed by atoms with E-state index < -0.39 is 0 Å². The summed E-state index contributed by atoms with van der Waals surface area (Å²) in [6.07, 6.45) is 5.25. The Kier molecular flexibility index (Phi) is 4.63. The summed E-state index contributed by atoms with van der Waals surface area (Å²) in [5.74, 6) is -0.162. The fourth-order valence-electron chi connectivity index (χ4n) is 2.47. The Bertz CT molecular complexity index is 814. The van der Waals surface area contributed by atoms with Crippen LogP contribution < -0.4 is 5.32 Å². The van der Waals surface area contributed by atoms with Crippen LogP contribution in [0.15, 0.2) is 54.9 Å². The lowest BCUT2D eigenvalue weighted by Gasteiger charge is -2.12. The van der Waals surface area contributed by atoms with Crippen LogP contribution in [0.1, 0.15) is 29.4 Å². The van der Waals surface area contributed by atoms with E-state index in [0.29, 0.717) is 16.4 Å². The predicted molar refractivity (Wildman–Crippen MR) is 91.9 cm³/mol. The Morgan fingerprint density at radius 1 is 1.22 bits per heavy atom. The molecule has 0 aliphatic heterocycles. The molecule has 5 heteroatoms. The molecule has 0 radical (unpaired) electrons. The summed E-state index contributed by atoms with van der Waals surface area (Å²) in [6, 6.07) is 13.9. The van der Waals surface area contributed by atoms with Gasteiger partial charge in [-0.3, -0.25) is 4.79 Å². The number of aryl methyl sites for hydroxylation is 1. The molecule has 3 aromatic rings. The van der Waals surface area contributed by atoms with E-state index in [0.717, 1.165) is 12.8 Å². The van der Waals surface area contributed by atoms with Gasteiger partial charge in [0.05, 0.1) is 5.02 Å². The van der Waals surface area contributed by atoms with Crippen LogP contribution in [0.25, 0.3) is 5.65 Å². The number of nitrogens with zero attached hydrogens (tertiary/aromatic N) is 2. The molecule has 0 spiro atoms. The average Bonchev–Trinajstić information content (AvgIpc) is 2.97. The third-order valence-electron chi connectivity index (χ3n) is 3.73. The minimum atomic E-state index is -0.162. The number of aromatic nitrogens is 2. The van der Waals surface area contributed by atoms with Crippen LogP contribution in [0.5, 0.6) is 0 Å². The first kappa shape index (κ1) is 15.6. The fraction of sp³-hybridized carbons (Fsp3) is 0.222. The molecule has 0 bridgehead atoms. The third kappa shape index (κ3) is 3.90. The zero-order chi connectivity index (χ0) is 16.2. The van der Waals surface area contributed by atoms with Crippen molar-refractivity contribution in [2.75, 3.05) is 0 Å². The third-order valence-corrected chi connectivity index (χ3v) is 3.96. The molecular weight excluding hydrogens is 310 g/mol. The minimum Gasteiger partial charge on any atom is -0.348 e. The molecule has 23 heavy (non-hydrogen) atoms. The van der Waals surface area contributed by atoms with E-state index in [-0.39, 0.29) is 11.9 Å². The Hall–Kier alpha value is -2.33. The highest BCUT2D eigenvalue weighted by atomic mass is 35.5. The van der Waals surface area contributed by atoms with Crippen molar-refractivity contribution in [2.24, 2.45) is 0 Å². The molecule has 118 valence electrons. The summed E-state index contributed by atoms with van der Waals surface area (Å²) in [5.41, 5.74) is 2.38. The molecule has 1 unspecified atom stereocenters. The summed E-state index contributed by atoms with van der Waals surface area (Å²) < 4.78 is 1.76. The first-order valence-electron chi connectivity index (χ1n) is 7.61. The highest BCUT2D eigenvalue weighted by Crippen LogP contribution is 2.12. The second kappa shape index (κ2) is 6.84. The van der Waals surface area contributed by atoms with E-state index in [4.69, 9.17) is 11.6 Å². The predicted octanol–water partition coefficient (Wildman–Crippen LogP) is 3.74. The van der Waals surface area contributed by atoms with Gasteiger partial charge in [0.1, 0.15) is 11.3 Å². The zero-order valence-electron chi connectivity index (χ0n) is 12.9. The Morgan fingerprint density at radius 2 is 2.00 bits per heavy atom. The topological polar surface area (TPSA) is 46.4 Å². The van der Waals surface area contributed by atoms with E-state index in [1.807, 2.05) is 25.1 Å². The minimum absolute atomic E-state index is 0.0797. The Balaban J connectivity index is 1.61. The number of benzene rings is 1. The highest BCUT2D eigenvalue weighted by Gasteiger charge is 2.13. The van der Waals surface area contributed by atoms with Crippen molar-refractivity contribution in [2.45, 2.75) is 25.8 Å². The number of nitrogens with one attached hydrogen (secondary N) is 1. The van der Waals surface area contributed by atoms with Gasteiger partial charge in [0.2, 0.25) is 0 Å². The van der Waals surface area contributed by atoms with E-state index in [1.165, 1.54) is 5.56 Å². The lowest BCUT2D eigenvalue weighted by atomic mass is 10.1. The van der Waals surface area contributed by atoms with Gasteiger partial charge >= 0.3 is 0 Å². The van der Waals surface area contributed by atoms with E-state index in [2.05, 4.69) is 22.4 Å². The molecule has 0 saturated heterocycles. The molecule has 0 fully saturated rings. The summed E-state index contributed by atoms with van der Waals surface area (Å²) in [5, 5.41) is 3.60. The summed E-state index contributed by atoms with van der Waals surface area (Å²) in [4.78, 5) is 16.6. The first-order valence-corrected chi connectivity index (χ1v) is 7.98. The van der Waals surface area contributed by atoms with Gasteiger partial charge in [-0.05, 0) is 37.5 Å². The van der Waals surface area contributed by atoms with Gasteiger partial charge < -0.3 is 9.72 Å². The number of hydrogen-bond acceptors (Lipinski definition) is 2. The van der Waals surface area contributed by atoms with Crippen molar-refractivity contribution in [3.63, 3.8) is 0 Å². The molecule has 4 nitrogen and oxygen atoms in total. The molecular formula is C18H18ClN3O. The molecule has 3 rings (SSSR count). The molecule has 1 aromatic carbocycles. The maximum absolute atomic E-state index is 12.3. The SMILES string of the molecule is CC(CCc1ccccc1)NC(=O)c1cn2cc(Cl)ccc2n1. The maximum Gasteiger partial charge on any atom is 0.271 e. The van der Waals surface area contributed by atoms with Crippen LogP contribution in [0, 0.1) is 0 Å². The number of halogens is 1. The van der Waals surface area contributed by atoms with Crippen molar-refractivity contribution in [3.8, 4) is 0 Å². The molecule has 2 aromatic heterocycles. The van der Waals surface area contributed by atoms with Gasteiger partial charge in [-0.25, -0.2) is 4.98 Å². The highest BCUT2D eigenvalue weighted by molar-refractivity contribution is 6.30. The van der Waals surface area contributed by atoms with Gasteiger partial charge in [0, 0.05) is 18.4 Å². The van der Waals surface area contributed by atoms with Crippen LogP contribution in [0.2, 0.25) is 5.02 Å². The van der Waals surface area contributed by atoms with Crippen LogP contribution >= 0.6 is 11.6 Å². The van der Waals surface area contributed by atoms with Crippen molar-refractivity contribution in [3.05, 3.63) is 71.1 Å². The Morgan fingerprint density at radius 3 is 2.78 bits per heavy atom. The van der Waals surface area contributed by atoms with Crippen molar-refractivity contribution in [1.82, 2.24) is 14.7 Å². The number of pyridine rings is 1. The van der Waals surface area contributed by atoms with E-state index in [9.17, 15) is 4.79 Å². The average molecular weight is 328 g/mol. The Labute approximate surface area is 140 Å². The van der Waals surface area contributed by atoms with Gasteiger partial charge in [-0.2, -0.15) is 0 Å². The lowest BCUT2D eigenvalue weighted by Crippen LogP contribution is -2.33. The standard InChI is InChI=1S/C18H18ClN3O/c1-13(7-8-14-5-3-2-4-6-14)20-18(23)16-12-22-11-15(19)9-10-17(22)21-16/h2-6,9-13H,7-8H2,1H3,(H,20,23). The fourth-order valence-corrected chi connectivity index (χ4v) is 2.64. The van der Waals surface area contributed by atoms with Gasteiger partial charge in [-0.15, -0.1) is 0 Å². The number of carbonyl (C=O) groups is 1. The number of rotatable bonds is 5. The quantitative estimate of drug-likeness (QED) is 0.776. The largest absolute Gasteiger partial charge is 0.348 e. The monoisotopic (exact) mass is 327 g/mol. The van der Waals surface area contributed by atoms with Gasteiger partial charge in [0.15, 0.2) is 0 Å². The van der Waals surface area contributed by atoms with Crippen molar-refractivity contribution < 1.29 is 4.79 Å². The molecule has 1 amide bonds. The zero-order valence-corrected chi connectivity index (χ0v) is 13.6. The van der Waals surface area contributed by atoms with Crippen LogP contribution in [0.3, 0.4) is 0 Å². The number of hydrogen-bond donors (Lipinski definition) is 1. The van der Waals surface area contributed by atoms with Crippen LogP contribution in [0.4, 0.5) is 0 Å². The van der Waals surface area contributed by atoms with E-state index in [1.54, 1.807) is 28.9 Å². The van der Waals surface area contributed by atoms with Crippen molar-refractivity contribution in [1.29, 1.82) is 0 Å². The first-order chi connectivity index (χ1) is 11.1. The lowest BCUT2D eigenvalue weighted by molar-refractivity contribution is 0.0934. The summed E-state index contributed by atoms with van der Waals surface area (Å²) in [7, 11) is 0. The molecule has 0 saturated carbocycles. The number of imidazole rings is 1. The molecule has 1 atom stereocenters. The second-order valence-corrected chi connectivity index (χ2v) is 6.07. The molecule has 0 aliphatic carbocycles. The number of carbonyl (C=O) groups excluding carboxylic acids is 1. The van der Waals surface area contributed by atoms with Crippen LogP contribution in [-0.4, -0.2) is 21.3 Å². The maximum atomic E-state index is 12.3. The summed E-state index contributed by atoms with van der Waals surface area (Å²) in [6.45, 7) is 2.01. The number of fused-ring (bicyclic) bond motifs is 1. The second-order valence-electron chi connectivity index (χ2n) is 5.64. The molecule has 1 N–H and O–H groups in total. The van der Waals surface area contributed by atoms with Gasteiger partial charge in [0.25, 0.3) is 5.91 Å².